The van der Waals surface area contributed by atoms with Crippen molar-refractivity contribution >= 4 is 28.4 Å². The second kappa shape index (κ2) is 7.47. The van der Waals surface area contributed by atoms with Crippen molar-refractivity contribution in [1.82, 2.24) is 19.9 Å². The molecule has 106 valence electrons. The van der Waals surface area contributed by atoms with Gasteiger partial charge in [-0.1, -0.05) is 20.3 Å². The average Bonchev–Trinajstić information content (AvgIpc) is 2.49. The van der Waals surface area contributed by atoms with Gasteiger partial charge in [0.1, 0.15) is 17.8 Å². The van der Waals surface area contributed by atoms with E-state index >= 15 is 0 Å². The van der Waals surface area contributed by atoms with Gasteiger partial charge in [-0.3, -0.25) is 0 Å². The van der Waals surface area contributed by atoms with Gasteiger partial charge < -0.3 is 5.32 Å². The Morgan fingerprint density at radius 1 is 1.20 bits per heavy atom. The number of hydrogen-bond donors (Lipinski definition) is 1. The molecule has 0 bridgehead atoms. The first kappa shape index (κ1) is 15.1. The predicted molar refractivity (Wildman–Crippen MR) is 88.6 cm³/mol. The topological polar surface area (TPSA) is 63.6 Å². The molecule has 0 spiro atoms. The summed E-state index contributed by atoms with van der Waals surface area (Å²) < 4.78 is 1.11. The zero-order valence-corrected chi connectivity index (χ0v) is 13.9. The highest BCUT2D eigenvalue weighted by Gasteiger charge is 2.13. The third-order valence-electron chi connectivity index (χ3n) is 2.76. The summed E-state index contributed by atoms with van der Waals surface area (Å²) in [6.07, 6.45) is 6.30. The van der Waals surface area contributed by atoms with Crippen LogP contribution in [0.3, 0.4) is 0 Å². The van der Waals surface area contributed by atoms with Gasteiger partial charge in [-0.05, 0) is 41.5 Å². The molecule has 0 saturated carbocycles. The number of hydrogen-bond acceptors (Lipinski definition) is 5. The summed E-state index contributed by atoms with van der Waals surface area (Å²) in [5.41, 5.74) is 1.84. The van der Waals surface area contributed by atoms with Crippen LogP contribution in [0, 0.1) is 3.57 Å². The van der Waals surface area contributed by atoms with E-state index in [2.05, 4.69) is 61.7 Å². The molecule has 20 heavy (non-hydrogen) atoms. The minimum absolute atomic E-state index is 0.662. The van der Waals surface area contributed by atoms with E-state index in [4.69, 9.17) is 0 Å². The van der Waals surface area contributed by atoms with E-state index in [-0.39, 0.29) is 0 Å². The van der Waals surface area contributed by atoms with Gasteiger partial charge in [0.25, 0.3) is 0 Å². The molecule has 0 aliphatic heterocycles. The molecular weight excluding hydrogens is 365 g/mol. The maximum Gasteiger partial charge on any atom is 0.180 e. The van der Waals surface area contributed by atoms with Crippen molar-refractivity contribution in [3.8, 4) is 11.5 Å². The molecule has 0 amide bonds. The standard InChI is InChI=1S/C14H18IN5/c1-3-5-10-12(15)14(17-7-4-2)20-13(19-10)11-6-8-16-9-18-11/h6,8-9H,3-5,7H2,1-2H3,(H,17,19,20). The fourth-order valence-corrected chi connectivity index (χ4v) is 2.50. The number of nitrogens with zero attached hydrogens (tertiary/aromatic N) is 4. The van der Waals surface area contributed by atoms with E-state index in [9.17, 15) is 0 Å². The van der Waals surface area contributed by atoms with E-state index < -0.39 is 0 Å². The molecular formula is C14H18IN5. The molecule has 0 aliphatic carbocycles. The maximum atomic E-state index is 4.65. The second-order valence-corrected chi connectivity index (χ2v) is 5.51. The van der Waals surface area contributed by atoms with Crippen LogP contribution in [0.4, 0.5) is 5.82 Å². The summed E-state index contributed by atoms with van der Waals surface area (Å²) in [5.74, 6) is 1.56. The fourth-order valence-electron chi connectivity index (χ4n) is 1.79. The second-order valence-electron chi connectivity index (χ2n) is 4.43. The Bertz CT molecular complexity index is 559. The summed E-state index contributed by atoms with van der Waals surface area (Å²) in [6, 6.07) is 1.83. The number of aryl methyl sites for hydroxylation is 1. The Balaban J connectivity index is 2.44. The van der Waals surface area contributed by atoms with E-state index in [1.807, 2.05) is 6.07 Å². The van der Waals surface area contributed by atoms with Crippen molar-refractivity contribution in [2.45, 2.75) is 33.1 Å². The van der Waals surface area contributed by atoms with Gasteiger partial charge in [-0.25, -0.2) is 19.9 Å². The first-order valence-corrected chi connectivity index (χ1v) is 7.90. The number of halogens is 1. The number of nitrogens with one attached hydrogen (secondary N) is 1. The van der Waals surface area contributed by atoms with Crippen LogP contribution in [-0.4, -0.2) is 26.5 Å². The van der Waals surface area contributed by atoms with Crippen LogP contribution in [0.25, 0.3) is 11.5 Å². The number of rotatable bonds is 6. The molecule has 2 rings (SSSR count). The molecule has 2 heterocycles. The third-order valence-corrected chi connectivity index (χ3v) is 3.89. The van der Waals surface area contributed by atoms with E-state index in [1.54, 1.807) is 6.20 Å². The van der Waals surface area contributed by atoms with Gasteiger partial charge in [0.2, 0.25) is 0 Å². The van der Waals surface area contributed by atoms with Gasteiger partial charge in [-0.2, -0.15) is 0 Å². The van der Waals surface area contributed by atoms with Crippen molar-refractivity contribution in [1.29, 1.82) is 0 Å². The van der Waals surface area contributed by atoms with Gasteiger partial charge >= 0.3 is 0 Å². The normalized spacial score (nSPS) is 10.6. The van der Waals surface area contributed by atoms with Crippen LogP contribution in [0.15, 0.2) is 18.6 Å². The molecule has 1 N–H and O–H groups in total. The lowest BCUT2D eigenvalue weighted by Gasteiger charge is -2.12. The highest BCUT2D eigenvalue weighted by molar-refractivity contribution is 14.1. The molecule has 2 aromatic heterocycles. The quantitative estimate of drug-likeness (QED) is 0.776. The Hall–Kier alpha value is -1.31. The van der Waals surface area contributed by atoms with Crippen LogP contribution in [0.5, 0.6) is 0 Å². The van der Waals surface area contributed by atoms with Gasteiger partial charge in [0.05, 0.1) is 9.26 Å². The van der Waals surface area contributed by atoms with E-state index in [1.165, 1.54) is 6.33 Å². The van der Waals surface area contributed by atoms with Crippen molar-refractivity contribution < 1.29 is 0 Å². The zero-order valence-electron chi connectivity index (χ0n) is 11.7. The molecule has 6 heteroatoms. The summed E-state index contributed by atoms with van der Waals surface area (Å²) in [5, 5.41) is 3.37. The van der Waals surface area contributed by atoms with Crippen LogP contribution in [0.1, 0.15) is 32.4 Å². The Labute approximate surface area is 132 Å². The molecule has 0 unspecified atom stereocenters. The lowest BCUT2D eigenvalue weighted by atomic mass is 10.2. The molecule has 0 radical (unpaired) electrons. The molecule has 0 saturated heterocycles. The Kier molecular flexibility index (Phi) is 5.63. The first-order chi connectivity index (χ1) is 9.76. The van der Waals surface area contributed by atoms with Gasteiger partial charge in [-0.15, -0.1) is 0 Å². The first-order valence-electron chi connectivity index (χ1n) is 6.82. The highest BCUT2D eigenvalue weighted by atomic mass is 127. The molecule has 0 aromatic carbocycles. The molecule has 0 fully saturated rings. The smallest absolute Gasteiger partial charge is 0.180 e. The number of anilines is 1. The minimum atomic E-state index is 0.662. The maximum absolute atomic E-state index is 4.65. The number of aromatic nitrogens is 4. The Morgan fingerprint density at radius 2 is 2.05 bits per heavy atom. The lowest BCUT2D eigenvalue weighted by molar-refractivity contribution is 0.862. The summed E-state index contributed by atoms with van der Waals surface area (Å²) in [7, 11) is 0. The van der Waals surface area contributed by atoms with Crippen LogP contribution in [0.2, 0.25) is 0 Å². The summed E-state index contributed by atoms with van der Waals surface area (Å²) >= 11 is 2.32. The van der Waals surface area contributed by atoms with Crippen molar-refractivity contribution in [2.24, 2.45) is 0 Å². The predicted octanol–water partition coefficient (Wildman–Crippen LogP) is 3.31. The minimum Gasteiger partial charge on any atom is -0.369 e. The summed E-state index contributed by atoms with van der Waals surface area (Å²) in [6.45, 7) is 5.20. The molecule has 0 aliphatic rings. The van der Waals surface area contributed by atoms with Crippen molar-refractivity contribution in [3.05, 3.63) is 27.9 Å². The third kappa shape index (κ3) is 3.62. The monoisotopic (exact) mass is 383 g/mol. The zero-order chi connectivity index (χ0) is 14.4. The molecule has 0 atom stereocenters. The van der Waals surface area contributed by atoms with Crippen LogP contribution < -0.4 is 5.32 Å². The molecule has 2 aromatic rings. The van der Waals surface area contributed by atoms with Crippen LogP contribution >= 0.6 is 22.6 Å². The van der Waals surface area contributed by atoms with Gasteiger partial charge in [0, 0.05) is 12.7 Å². The van der Waals surface area contributed by atoms with Crippen molar-refractivity contribution in [3.63, 3.8) is 0 Å². The molecule has 5 nitrogen and oxygen atoms in total. The van der Waals surface area contributed by atoms with E-state index in [0.29, 0.717) is 5.82 Å². The Morgan fingerprint density at radius 3 is 2.70 bits per heavy atom. The summed E-state index contributed by atoms with van der Waals surface area (Å²) in [4.78, 5) is 17.4. The lowest BCUT2D eigenvalue weighted by Crippen LogP contribution is -2.09. The van der Waals surface area contributed by atoms with Crippen LogP contribution in [-0.2, 0) is 6.42 Å². The largest absolute Gasteiger partial charge is 0.369 e. The van der Waals surface area contributed by atoms with E-state index in [0.717, 1.165) is 46.6 Å². The fraction of sp³-hybridized carbons (Fsp3) is 0.429. The van der Waals surface area contributed by atoms with Crippen molar-refractivity contribution in [2.75, 3.05) is 11.9 Å². The highest BCUT2D eigenvalue weighted by Crippen LogP contribution is 2.23. The average molecular weight is 383 g/mol. The van der Waals surface area contributed by atoms with Gasteiger partial charge in [0.15, 0.2) is 5.82 Å². The SMILES string of the molecule is CCCNc1nc(-c2ccncn2)nc(CCC)c1I.